The molecule has 1 aromatic carbocycles. The fraction of sp³-hybridized carbons (Fsp3) is 0.346. The van der Waals surface area contributed by atoms with Crippen LogP contribution in [-0.4, -0.2) is 65.5 Å². The van der Waals surface area contributed by atoms with Crippen LogP contribution in [0.5, 0.6) is 0 Å². The quantitative estimate of drug-likeness (QED) is 0.216. The van der Waals surface area contributed by atoms with Crippen LogP contribution in [0.3, 0.4) is 0 Å². The van der Waals surface area contributed by atoms with Crippen molar-refractivity contribution in [1.29, 1.82) is 0 Å². The zero-order chi connectivity index (χ0) is 26.7. The van der Waals surface area contributed by atoms with Gasteiger partial charge in [0.2, 0.25) is 0 Å². The number of fused-ring (bicyclic) bond motifs is 1. The summed E-state index contributed by atoms with van der Waals surface area (Å²) < 4.78 is 46.1. The topological polar surface area (TPSA) is 75.1 Å². The summed E-state index contributed by atoms with van der Waals surface area (Å²) in [5.74, 6) is -0.293. The van der Waals surface area contributed by atoms with Crippen LogP contribution in [0.25, 0.3) is 22.4 Å². The molecule has 4 rings (SSSR count). The molecule has 2 aromatic heterocycles. The van der Waals surface area contributed by atoms with Crippen LogP contribution < -0.4 is 10.6 Å². The summed E-state index contributed by atoms with van der Waals surface area (Å²) in [5, 5.41) is 11.4. The number of halogens is 4. The van der Waals surface area contributed by atoms with Crippen molar-refractivity contribution >= 4 is 54.1 Å². The number of hydrogen-bond acceptors (Lipinski definition) is 5. The molecule has 1 amide bonds. The van der Waals surface area contributed by atoms with Gasteiger partial charge in [-0.25, -0.2) is 0 Å². The zero-order valence-corrected chi connectivity index (χ0v) is 23.1. The van der Waals surface area contributed by atoms with Crippen molar-refractivity contribution in [2.24, 2.45) is 7.05 Å². The van der Waals surface area contributed by atoms with Gasteiger partial charge in [-0.2, -0.15) is 5.10 Å². The molecule has 11 heteroatoms. The van der Waals surface area contributed by atoms with Gasteiger partial charge in [-0.1, -0.05) is 0 Å². The van der Waals surface area contributed by atoms with Crippen LogP contribution >= 0.6 is 20.1 Å². The van der Waals surface area contributed by atoms with E-state index in [0.717, 1.165) is 23.1 Å². The van der Waals surface area contributed by atoms with Crippen LogP contribution in [0.15, 0.2) is 49.3 Å². The summed E-state index contributed by atoms with van der Waals surface area (Å²) in [5.41, 5.74) is 0.376. The summed E-state index contributed by atoms with van der Waals surface area (Å²) >= 11 is -1.20. The standard InChI is InChI=1S/C26H30F3IN6O/c1-17(26(27,28)29)24-21-8-5-9-23(33-20-10-12-35(3)30(2)14-20)22(21)13-19(34-24)7-6-11-31-25(37)18-15-32-36(4)16-18/h5-9,13,15-16,20,33H,1,10-12,14H2,2-4H3,(H,31,37)/b7-6+/t20-/m0/s1. The monoisotopic (exact) mass is 626 g/mol. The van der Waals surface area contributed by atoms with Crippen molar-refractivity contribution in [2.75, 3.05) is 34.8 Å². The SMILES string of the molecule is C=C(c1nc(/C=C/CNC(=O)c2cnn(C)c2)cc2c(N[C@H]3CCN(C)I(C)C3)cccc12)C(F)(F)F. The van der Waals surface area contributed by atoms with Crippen LogP contribution in [0.1, 0.15) is 28.2 Å². The van der Waals surface area contributed by atoms with Gasteiger partial charge in [0, 0.05) is 13.2 Å². The maximum atomic E-state index is 13.7. The van der Waals surface area contributed by atoms with E-state index in [1.165, 1.54) is 10.9 Å². The van der Waals surface area contributed by atoms with E-state index in [9.17, 15) is 18.0 Å². The molecule has 0 aliphatic carbocycles. The van der Waals surface area contributed by atoms with Crippen LogP contribution in [-0.2, 0) is 7.05 Å². The fourth-order valence-corrected chi connectivity index (χ4v) is 8.09. The van der Waals surface area contributed by atoms with E-state index in [-0.39, 0.29) is 24.2 Å². The van der Waals surface area contributed by atoms with Crippen molar-refractivity contribution < 1.29 is 18.0 Å². The van der Waals surface area contributed by atoms with Crippen molar-refractivity contribution in [3.05, 3.63) is 66.3 Å². The number of carbonyl (C=O) groups excluding carboxylic acids is 1. The van der Waals surface area contributed by atoms with E-state index < -0.39 is 31.8 Å². The van der Waals surface area contributed by atoms with Crippen LogP contribution in [0, 0.1) is 0 Å². The van der Waals surface area contributed by atoms with Gasteiger partial charge in [-0.3, -0.25) is 9.48 Å². The van der Waals surface area contributed by atoms with E-state index in [0.29, 0.717) is 22.0 Å². The van der Waals surface area contributed by atoms with Gasteiger partial charge in [-0.05, 0) is 0 Å². The second kappa shape index (κ2) is 11.2. The predicted molar refractivity (Wildman–Crippen MR) is 151 cm³/mol. The summed E-state index contributed by atoms with van der Waals surface area (Å²) in [6.45, 7) is 4.51. The molecule has 37 heavy (non-hydrogen) atoms. The number of benzene rings is 1. The molecule has 1 atom stereocenters. The molecule has 3 aromatic rings. The van der Waals surface area contributed by atoms with Gasteiger partial charge in [0.15, 0.2) is 0 Å². The molecule has 1 fully saturated rings. The number of carbonyl (C=O) groups is 1. The molecule has 1 aliphatic rings. The average molecular weight is 626 g/mol. The molecule has 1 aliphatic heterocycles. The molecule has 2 N–H and O–H groups in total. The Kier molecular flexibility index (Phi) is 8.22. The Morgan fingerprint density at radius 1 is 1.30 bits per heavy atom. The number of aromatic nitrogens is 3. The summed E-state index contributed by atoms with van der Waals surface area (Å²) in [4.78, 5) is 18.8. The molecule has 0 saturated carbocycles. The molecule has 7 nitrogen and oxygen atoms in total. The van der Waals surface area contributed by atoms with E-state index in [1.807, 2.05) is 6.07 Å². The summed E-state index contributed by atoms with van der Waals surface area (Å²) in [6.07, 6.45) is 2.69. The molecule has 3 heterocycles. The number of rotatable bonds is 7. The minimum absolute atomic E-state index is 0.182. The van der Waals surface area contributed by atoms with Gasteiger partial charge in [-0.15, -0.1) is 0 Å². The van der Waals surface area contributed by atoms with E-state index in [1.54, 1.807) is 43.6 Å². The van der Waals surface area contributed by atoms with E-state index >= 15 is 0 Å². The van der Waals surface area contributed by atoms with Gasteiger partial charge in [0.25, 0.3) is 0 Å². The maximum absolute atomic E-state index is 13.7. The number of nitrogens with zero attached hydrogens (tertiary/aromatic N) is 4. The minimum atomic E-state index is -4.61. The molecule has 0 radical (unpaired) electrons. The Morgan fingerprint density at radius 3 is 2.76 bits per heavy atom. The average Bonchev–Trinajstić information content (AvgIpc) is 3.29. The normalized spacial score (nSPS) is 17.9. The number of amides is 1. The predicted octanol–water partition coefficient (Wildman–Crippen LogP) is 5.15. The third-order valence-corrected chi connectivity index (χ3v) is 11.8. The molecule has 198 valence electrons. The number of anilines is 1. The molecule has 0 spiro atoms. The summed E-state index contributed by atoms with van der Waals surface area (Å²) in [7, 11) is 3.88. The number of alkyl halides is 5. The number of nitrogens with one attached hydrogen (secondary N) is 2. The van der Waals surface area contributed by atoms with Crippen molar-refractivity contribution in [2.45, 2.75) is 18.6 Å². The first-order valence-corrected chi connectivity index (χ1v) is 16.3. The van der Waals surface area contributed by atoms with Crippen LogP contribution in [0.2, 0.25) is 0 Å². The first-order chi connectivity index (χ1) is 17.5. The summed E-state index contributed by atoms with van der Waals surface area (Å²) in [6, 6.07) is 7.36. The van der Waals surface area contributed by atoms with Crippen molar-refractivity contribution in [3.8, 4) is 0 Å². The van der Waals surface area contributed by atoms with Crippen molar-refractivity contribution in [3.63, 3.8) is 0 Å². The van der Waals surface area contributed by atoms with Gasteiger partial charge in [0.05, 0.1) is 11.8 Å². The first-order valence-electron chi connectivity index (χ1n) is 11.7. The number of allylic oxidation sites excluding steroid dienone is 1. The second-order valence-corrected chi connectivity index (χ2v) is 14.7. The third kappa shape index (κ3) is 6.50. The third-order valence-electron chi connectivity index (χ3n) is 6.21. The Balaban J connectivity index is 1.62. The Labute approximate surface area is 221 Å². The molecule has 0 bridgehead atoms. The Hall–Kier alpha value is -2.93. The van der Waals surface area contributed by atoms with E-state index in [4.69, 9.17) is 0 Å². The zero-order valence-electron chi connectivity index (χ0n) is 20.9. The van der Waals surface area contributed by atoms with Gasteiger partial charge in [0.1, 0.15) is 0 Å². The molecule has 0 unspecified atom stereocenters. The Morgan fingerprint density at radius 2 is 2.08 bits per heavy atom. The Bertz CT molecular complexity index is 1340. The molecule has 1 saturated heterocycles. The fourth-order valence-electron chi connectivity index (χ4n) is 4.12. The second-order valence-electron chi connectivity index (χ2n) is 8.96. The number of aryl methyl sites for hydroxylation is 1. The number of hydrogen-bond donors (Lipinski definition) is 2. The van der Waals surface area contributed by atoms with E-state index in [2.05, 4.69) is 42.4 Å². The molecular weight excluding hydrogens is 596 g/mol. The van der Waals surface area contributed by atoms with Gasteiger partial charge < -0.3 is 0 Å². The van der Waals surface area contributed by atoms with Crippen molar-refractivity contribution in [1.82, 2.24) is 23.2 Å². The number of pyridine rings is 1. The van der Waals surface area contributed by atoms with Gasteiger partial charge >= 0.3 is 182 Å². The van der Waals surface area contributed by atoms with Crippen LogP contribution in [0.4, 0.5) is 18.9 Å². The molecular formula is C26H30F3IN6O. The first kappa shape index (κ1) is 27.1.